The van der Waals surface area contributed by atoms with E-state index >= 15 is 0 Å². The monoisotopic (exact) mass is 358 g/mol. The molecule has 1 aromatic rings. The van der Waals surface area contributed by atoms with Crippen molar-refractivity contribution in [2.45, 2.75) is 110 Å². The second kappa shape index (κ2) is 17.2. The molecule has 0 unspecified atom stereocenters. The van der Waals surface area contributed by atoms with E-state index in [1.165, 1.54) is 102 Å². The van der Waals surface area contributed by atoms with Gasteiger partial charge in [0, 0.05) is 0 Å². The van der Waals surface area contributed by atoms with E-state index in [9.17, 15) is 5.11 Å². The lowest BCUT2D eigenvalue weighted by Crippen LogP contribution is -1.85. The van der Waals surface area contributed by atoms with Gasteiger partial charge in [0.25, 0.3) is 0 Å². The largest absolute Gasteiger partial charge is 0.508 e. The first-order valence-corrected chi connectivity index (χ1v) is 11.3. The van der Waals surface area contributed by atoms with Gasteiger partial charge in [0.2, 0.25) is 0 Å². The SMILES string of the molecule is CCCCCCCCCCC/C=C\CCCCCCc1cccc(O)c1. The molecule has 1 N–H and O–H groups in total. The number of phenols is 1. The van der Waals surface area contributed by atoms with Crippen LogP contribution in [0.3, 0.4) is 0 Å². The van der Waals surface area contributed by atoms with Crippen molar-refractivity contribution in [3.05, 3.63) is 42.0 Å². The number of phenolic OH excluding ortho intramolecular Hbond substituents is 1. The van der Waals surface area contributed by atoms with Crippen molar-refractivity contribution in [3.63, 3.8) is 0 Å². The lowest BCUT2D eigenvalue weighted by molar-refractivity contribution is 0.474. The lowest BCUT2D eigenvalue weighted by Gasteiger charge is -2.02. The summed E-state index contributed by atoms with van der Waals surface area (Å²) >= 11 is 0. The van der Waals surface area contributed by atoms with Crippen molar-refractivity contribution in [2.75, 3.05) is 0 Å². The van der Waals surface area contributed by atoms with Crippen LogP contribution in [0.4, 0.5) is 0 Å². The van der Waals surface area contributed by atoms with Gasteiger partial charge in [-0.2, -0.15) is 0 Å². The molecule has 0 spiro atoms. The predicted molar refractivity (Wildman–Crippen MR) is 116 cm³/mol. The summed E-state index contributed by atoms with van der Waals surface area (Å²) in [6, 6.07) is 7.66. The Balaban J connectivity index is 1.79. The number of unbranched alkanes of at least 4 members (excludes halogenated alkanes) is 13. The van der Waals surface area contributed by atoms with Gasteiger partial charge in [-0.3, -0.25) is 0 Å². The average Bonchev–Trinajstić information content (AvgIpc) is 2.64. The van der Waals surface area contributed by atoms with Crippen LogP contribution in [0.25, 0.3) is 0 Å². The maximum Gasteiger partial charge on any atom is 0.115 e. The van der Waals surface area contributed by atoms with Crippen LogP contribution in [0.5, 0.6) is 5.75 Å². The average molecular weight is 359 g/mol. The molecule has 1 aromatic carbocycles. The van der Waals surface area contributed by atoms with Crippen molar-refractivity contribution in [1.29, 1.82) is 0 Å². The Morgan fingerprint density at radius 1 is 0.692 bits per heavy atom. The predicted octanol–water partition coefficient (Wildman–Crippen LogP) is 8.36. The molecule has 0 amide bonds. The number of rotatable bonds is 17. The van der Waals surface area contributed by atoms with Gasteiger partial charge in [0.05, 0.1) is 0 Å². The third-order valence-corrected chi connectivity index (χ3v) is 5.14. The fraction of sp³-hybridized carbons (Fsp3) is 0.680. The zero-order valence-corrected chi connectivity index (χ0v) is 17.2. The summed E-state index contributed by atoms with van der Waals surface area (Å²) in [6.45, 7) is 2.28. The molecule has 0 radical (unpaired) electrons. The van der Waals surface area contributed by atoms with Crippen LogP contribution in [0.15, 0.2) is 36.4 Å². The molecule has 0 aromatic heterocycles. The van der Waals surface area contributed by atoms with E-state index in [2.05, 4.69) is 25.1 Å². The van der Waals surface area contributed by atoms with Gasteiger partial charge in [-0.1, -0.05) is 95.4 Å². The number of aromatic hydroxyl groups is 1. The van der Waals surface area contributed by atoms with Gasteiger partial charge in [-0.15, -0.1) is 0 Å². The second-order valence-corrected chi connectivity index (χ2v) is 7.71. The van der Waals surface area contributed by atoms with E-state index in [4.69, 9.17) is 0 Å². The highest BCUT2D eigenvalue weighted by atomic mass is 16.3. The molecule has 0 fully saturated rings. The summed E-state index contributed by atoms with van der Waals surface area (Å²) < 4.78 is 0. The molecule has 0 aliphatic carbocycles. The van der Waals surface area contributed by atoms with E-state index in [1.54, 1.807) is 6.07 Å². The van der Waals surface area contributed by atoms with Crippen molar-refractivity contribution in [1.82, 2.24) is 0 Å². The molecule has 26 heavy (non-hydrogen) atoms. The minimum absolute atomic E-state index is 0.389. The van der Waals surface area contributed by atoms with Crippen molar-refractivity contribution >= 4 is 0 Å². The second-order valence-electron chi connectivity index (χ2n) is 7.71. The molecular weight excluding hydrogens is 316 g/mol. The Bertz CT molecular complexity index is 449. The van der Waals surface area contributed by atoms with Gasteiger partial charge in [-0.25, -0.2) is 0 Å². The molecule has 0 bridgehead atoms. The molecule has 0 saturated heterocycles. The summed E-state index contributed by atoms with van der Waals surface area (Å²) in [6.07, 6.45) is 26.3. The topological polar surface area (TPSA) is 20.2 Å². The Morgan fingerprint density at radius 3 is 1.81 bits per heavy atom. The maximum atomic E-state index is 9.45. The molecule has 1 nitrogen and oxygen atoms in total. The standard InChI is InChI=1S/C25H42O/c1-2-3-4-5-6-7-8-9-10-11-12-13-14-15-16-17-18-20-24-21-19-22-25(26)23-24/h12-13,19,21-23,26H,2-11,14-18,20H2,1H3/b13-12-. The Hall–Kier alpha value is -1.24. The molecule has 1 rings (SSSR count). The fourth-order valence-corrected chi connectivity index (χ4v) is 3.47. The van der Waals surface area contributed by atoms with Crippen molar-refractivity contribution < 1.29 is 5.11 Å². The first-order valence-electron chi connectivity index (χ1n) is 11.3. The van der Waals surface area contributed by atoms with E-state index < -0.39 is 0 Å². The maximum absolute atomic E-state index is 9.45. The summed E-state index contributed by atoms with van der Waals surface area (Å²) in [7, 11) is 0. The van der Waals surface area contributed by atoms with Crippen LogP contribution in [0, 0.1) is 0 Å². The molecule has 148 valence electrons. The van der Waals surface area contributed by atoms with Crippen molar-refractivity contribution in [3.8, 4) is 5.75 Å². The zero-order chi connectivity index (χ0) is 18.7. The van der Waals surface area contributed by atoms with Crippen LogP contribution in [0.1, 0.15) is 109 Å². The quantitative estimate of drug-likeness (QED) is 0.219. The fourth-order valence-electron chi connectivity index (χ4n) is 3.47. The molecular formula is C25H42O. The zero-order valence-electron chi connectivity index (χ0n) is 17.2. The Kier molecular flexibility index (Phi) is 15.1. The molecule has 0 aliphatic heterocycles. The number of benzene rings is 1. The molecule has 1 heteroatoms. The number of allylic oxidation sites excluding steroid dienone is 2. The van der Waals surface area contributed by atoms with E-state index in [-0.39, 0.29) is 0 Å². The van der Waals surface area contributed by atoms with Gasteiger partial charge in [-0.05, 0) is 56.2 Å². The van der Waals surface area contributed by atoms with Crippen molar-refractivity contribution in [2.24, 2.45) is 0 Å². The molecule has 0 heterocycles. The normalized spacial score (nSPS) is 11.4. The summed E-state index contributed by atoms with van der Waals surface area (Å²) in [4.78, 5) is 0. The number of aryl methyl sites for hydroxylation is 1. The highest BCUT2D eigenvalue weighted by Gasteiger charge is 1.95. The molecule has 0 saturated carbocycles. The van der Waals surface area contributed by atoms with Crippen LogP contribution < -0.4 is 0 Å². The van der Waals surface area contributed by atoms with Gasteiger partial charge < -0.3 is 5.11 Å². The smallest absolute Gasteiger partial charge is 0.115 e. The van der Waals surface area contributed by atoms with Crippen LogP contribution >= 0.6 is 0 Å². The van der Waals surface area contributed by atoms with E-state index in [1.807, 2.05) is 12.1 Å². The Labute approximate surface area is 162 Å². The first kappa shape index (κ1) is 22.8. The molecule has 0 atom stereocenters. The molecule has 0 aliphatic rings. The highest BCUT2D eigenvalue weighted by Crippen LogP contribution is 2.15. The van der Waals surface area contributed by atoms with Gasteiger partial charge in [0.15, 0.2) is 0 Å². The van der Waals surface area contributed by atoms with Gasteiger partial charge >= 0.3 is 0 Å². The minimum atomic E-state index is 0.389. The third kappa shape index (κ3) is 14.0. The first-order chi connectivity index (χ1) is 12.8. The number of hydrogen-bond donors (Lipinski definition) is 1. The summed E-state index contributed by atoms with van der Waals surface area (Å²) in [5.74, 6) is 0.389. The van der Waals surface area contributed by atoms with E-state index in [0.717, 1.165) is 6.42 Å². The Morgan fingerprint density at radius 2 is 1.23 bits per heavy atom. The van der Waals surface area contributed by atoms with Gasteiger partial charge in [0.1, 0.15) is 5.75 Å². The summed E-state index contributed by atoms with van der Waals surface area (Å²) in [5.41, 5.74) is 1.26. The third-order valence-electron chi connectivity index (χ3n) is 5.14. The minimum Gasteiger partial charge on any atom is -0.508 e. The van der Waals surface area contributed by atoms with E-state index in [0.29, 0.717) is 5.75 Å². The number of hydrogen-bond acceptors (Lipinski definition) is 1. The van der Waals surface area contributed by atoms with Crippen LogP contribution in [0.2, 0.25) is 0 Å². The van der Waals surface area contributed by atoms with Crippen LogP contribution in [-0.2, 0) is 6.42 Å². The summed E-state index contributed by atoms with van der Waals surface area (Å²) in [5, 5.41) is 9.45. The lowest BCUT2D eigenvalue weighted by atomic mass is 10.0. The van der Waals surface area contributed by atoms with Crippen LogP contribution in [-0.4, -0.2) is 5.11 Å². The highest BCUT2D eigenvalue weighted by molar-refractivity contribution is 5.27.